The molecule has 2 aliphatic heterocycles. The SMILES string of the molecule is CC(C)N1CCOc2c(F)cc(-c3nc(Nc4nc5ccc(N6CCN(C)CC6)cc5o4)ncc3F)cc21. The standard InChI is InChI=1S/C27H29F2N7O2/c1-16(2)36-10-11-37-25-19(28)12-17(13-22(25)36)24-20(29)15-30-26(32-24)33-27-31-21-5-4-18(14-23(21)38-27)35-8-6-34(3)7-9-35/h4-5,12-16H,6-11H2,1-3H3,(H,30,31,32,33). The Morgan fingerprint density at radius 2 is 1.79 bits per heavy atom. The van der Waals surface area contributed by atoms with Crippen LogP contribution in [-0.4, -0.2) is 72.3 Å². The van der Waals surface area contributed by atoms with E-state index in [2.05, 4.69) is 37.1 Å². The molecule has 0 aliphatic carbocycles. The number of aromatic nitrogens is 3. The van der Waals surface area contributed by atoms with Crippen LogP contribution in [0.4, 0.5) is 32.1 Å². The molecule has 4 heterocycles. The van der Waals surface area contributed by atoms with Gasteiger partial charge in [-0.25, -0.2) is 18.7 Å². The first kappa shape index (κ1) is 24.4. The molecule has 1 fully saturated rings. The lowest BCUT2D eigenvalue weighted by molar-refractivity contribution is 0.287. The second kappa shape index (κ2) is 9.71. The Bertz CT molecular complexity index is 1480. The predicted octanol–water partition coefficient (Wildman–Crippen LogP) is 4.67. The van der Waals surface area contributed by atoms with Crippen molar-refractivity contribution in [3.8, 4) is 17.0 Å². The van der Waals surface area contributed by atoms with Crippen LogP contribution in [0.2, 0.25) is 0 Å². The fraction of sp³-hybridized carbons (Fsp3) is 0.370. The average Bonchev–Trinajstić information content (AvgIpc) is 3.31. The first-order valence-corrected chi connectivity index (χ1v) is 12.7. The van der Waals surface area contributed by atoms with E-state index in [0.29, 0.717) is 29.9 Å². The van der Waals surface area contributed by atoms with E-state index >= 15 is 0 Å². The van der Waals surface area contributed by atoms with Crippen molar-refractivity contribution in [2.75, 3.05) is 61.5 Å². The molecule has 2 aromatic carbocycles. The summed E-state index contributed by atoms with van der Waals surface area (Å²) in [7, 11) is 2.12. The van der Waals surface area contributed by atoms with Gasteiger partial charge in [0.25, 0.3) is 0 Å². The largest absolute Gasteiger partial charge is 0.486 e. The van der Waals surface area contributed by atoms with E-state index < -0.39 is 11.6 Å². The summed E-state index contributed by atoms with van der Waals surface area (Å²) in [6.07, 6.45) is 1.05. The minimum atomic E-state index is -0.669. The molecule has 6 rings (SSSR count). The van der Waals surface area contributed by atoms with Crippen LogP contribution in [-0.2, 0) is 0 Å². The summed E-state index contributed by atoms with van der Waals surface area (Å²) in [6.45, 7) is 8.92. The lowest BCUT2D eigenvalue weighted by atomic mass is 10.1. The average molecular weight is 522 g/mol. The van der Waals surface area contributed by atoms with Gasteiger partial charge in [0, 0.05) is 49.5 Å². The Hall–Kier alpha value is -3.99. The van der Waals surface area contributed by atoms with Crippen molar-refractivity contribution in [2.24, 2.45) is 0 Å². The molecule has 198 valence electrons. The number of fused-ring (bicyclic) bond motifs is 2. The molecule has 1 N–H and O–H groups in total. The Labute approximate surface area is 219 Å². The molecule has 11 heteroatoms. The third kappa shape index (κ3) is 4.58. The Balaban J connectivity index is 1.28. The third-order valence-corrected chi connectivity index (χ3v) is 7.01. The Morgan fingerprint density at radius 3 is 2.58 bits per heavy atom. The highest BCUT2D eigenvalue weighted by Gasteiger charge is 2.26. The molecule has 1 saturated heterocycles. The number of rotatable bonds is 5. The van der Waals surface area contributed by atoms with Gasteiger partial charge in [0.05, 0.1) is 18.4 Å². The molecule has 0 atom stereocenters. The van der Waals surface area contributed by atoms with Gasteiger partial charge in [-0.2, -0.15) is 4.98 Å². The van der Waals surface area contributed by atoms with E-state index in [1.165, 1.54) is 6.07 Å². The lowest BCUT2D eigenvalue weighted by Gasteiger charge is -2.34. The van der Waals surface area contributed by atoms with Crippen LogP contribution in [0, 0.1) is 11.6 Å². The summed E-state index contributed by atoms with van der Waals surface area (Å²) in [6, 6.07) is 9.14. The van der Waals surface area contributed by atoms with Crippen LogP contribution in [0.3, 0.4) is 0 Å². The van der Waals surface area contributed by atoms with Gasteiger partial charge in [0.15, 0.2) is 23.0 Å². The van der Waals surface area contributed by atoms with Crippen molar-refractivity contribution in [3.05, 3.63) is 48.2 Å². The van der Waals surface area contributed by atoms with Crippen LogP contribution in [0.1, 0.15) is 13.8 Å². The van der Waals surface area contributed by atoms with E-state index in [1.807, 2.05) is 36.9 Å². The minimum absolute atomic E-state index is 0.0352. The van der Waals surface area contributed by atoms with E-state index in [0.717, 1.165) is 38.1 Å². The van der Waals surface area contributed by atoms with Crippen LogP contribution in [0.15, 0.2) is 40.9 Å². The highest BCUT2D eigenvalue weighted by molar-refractivity contribution is 5.79. The van der Waals surface area contributed by atoms with Gasteiger partial charge >= 0.3 is 6.01 Å². The third-order valence-electron chi connectivity index (χ3n) is 7.01. The maximum atomic E-state index is 15.0. The van der Waals surface area contributed by atoms with Gasteiger partial charge in [-0.3, -0.25) is 5.32 Å². The molecule has 4 aromatic rings. The molecule has 2 aromatic heterocycles. The number of nitrogens with zero attached hydrogens (tertiary/aromatic N) is 6. The van der Waals surface area contributed by atoms with Gasteiger partial charge in [0.2, 0.25) is 5.95 Å². The van der Waals surface area contributed by atoms with Gasteiger partial charge in [0.1, 0.15) is 17.8 Å². The van der Waals surface area contributed by atoms with Gasteiger partial charge in [-0.1, -0.05) is 0 Å². The van der Waals surface area contributed by atoms with Gasteiger partial charge < -0.3 is 23.9 Å². The molecule has 0 bridgehead atoms. The fourth-order valence-corrected chi connectivity index (χ4v) is 4.93. The second-order valence-electron chi connectivity index (χ2n) is 9.92. The smallest absolute Gasteiger partial charge is 0.302 e. The van der Waals surface area contributed by atoms with E-state index in [1.54, 1.807) is 6.07 Å². The number of piperazine rings is 1. The number of likely N-dealkylation sites (N-methyl/N-ethyl adjacent to an activating group) is 1. The molecular weight excluding hydrogens is 492 g/mol. The monoisotopic (exact) mass is 521 g/mol. The number of hydrogen-bond donors (Lipinski definition) is 1. The molecule has 2 aliphatic rings. The van der Waals surface area contributed by atoms with Crippen molar-refractivity contribution in [3.63, 3.8) is 0 Å². The predicted molar refractivity (Wildman–Crippen MR) is 142 cm³/mol. The zero-order chi connectivity index (χ0) is 26.4. The van der Waals surface area contributed by atoms with E-state index in [-0.39, 0.29) is 35.0 Å². The van der Waals surface area contributed by atoms with E-state index in [4.69, 9.17) is 9.15 Å². The number of halogens is 2. The van der Waals surface area contributed by atoms with Gasteiger partial charge in [-0.05, 0) is 45.2 Å². The molecule has 38 heavy (non-hydrogen) atoms. The fourth-order valence-electron chi connectivity index (χ4n) is 4.93. The number of ether oxygens (including phenoxy) is 1. The lowest BCUT2D eigenvalue weighted by Crippen LogP contribution is -2.44. The highest BCUT2D eigenvalue weighted by Crippen LogP contribution is 2.39. The molecule has 0 unspecified atom stereocenters. The molecule has 9 nitrogen and oxygen atoms in total. The highest BCUT2D eigenvalue weighted by atomic mass is 19.1. The number of nitrogens with one attached hydrogen (secondary N) is 1. The van der Waals surface area contributed by atoms with Crippen LogP contribution >= 0.6 is 0 Å². The summed E-state index contributed by atoms with van der Waals surface area (Å²) < 4.78 is 41.3. The van der Waals surface area contributed by atoms with Crippen molar-refractivity contribution in [2.45, 2.75) is 19.9 Å². The van der Waals surface area contributed by atoms with E-state index in [9.17, 15) is 8.78 Å². The minimum Gasteiger partial charge on any atom is -0.486 e. The van der Waals surface area contributed by atoms with Crippen LogP contribution in [0.5, 0.6) is 5.75 Å². The maximum absolute atomic E-state index is 15.0. The van der Waals surface area contributed by atoms with Crippen LogP contribution < -0.4 is 19.9 Å². The summed E-state index contributed by atoms with van der Waals surface area (Å²) in [4.78, 5) is 19.5. The molecule has 0 spiro atoms. The number of anilines is 4. The Kier molecular flexibility index (Phi) is 6.22. The molecular formula is C27H29F2N7O2. The number of oxazole rings is 1. The van der Waals surface area contributed by atoms with Crippen LogP contribution in [0.25, 0.3) is 22.4 Å². The summed E-state index contributed by atoms with van der Waals surface area (Å²) in [5, 5.41) is 2.92. The van der Waals surface area contributed by atoms with Gasteiger partial charge in [-0.15, -0.1) is 0 Å². The summed E-state index contributed by atoms with van der Waals surface area (Å²) in [5.74, 6) is -0.978. The zero-order valence-corrected chi connectivity index (χ0v) is 21.5. The van der Waals surface area contributed by atoms with Crippen molar-refractivity contribution in [1.82, 2.24) is 19.9 Å². The quantitative estimate of drug-likeness (QED) is 0.403. The zero-order valence-electron chi connectivity index (χ0n) is 21.5. The number of hydrogen-bond acceptors (Lipinski definition) is 9. The first-order valence-electron chi connectivity index (χ1n) is 12.7. The molecule has 0 amide bonds. The molecule has 0 radical (unpaired) electrons. The second-order valence-corrected chi connectivity index (χ2v) is 9.92. The first-order chi connectivity index (χ1) is 18.4. The van der Waals surface area contributed by atoms with Crippen molar-refractivity contribution in [1.29, 1.82) is 0 Å². The molecule has 0 saturated carbocycles. The summed E-state index contributed by atoms with van der Waals surface area (Å²) in [5.41, 5.74) is 3.20. The maximum Gasteiger partial charge on any atom is 0.302 e. The number of benzene rings is 2. The normalized spacial score (nSPS) is 16.2. The van der Waals surface area contributed by atoms with Crippen molar-refractivity contribution < 1.29 is 17.9 Å². The topological polar surface area (TPSA) is 82.8 Å². The Morgan fingerprint density at radius 1 is 0.974 bits per heavy atom. The summed E-state index contributed by atoms with van der Waals surface area (Å²) >= 11 is 0. The van der Waals surface area contributed by atoms with Crippen molar-refractivity contribution >= 4 is 34.4 Å².